The van der Waals surface area contributed by atoms with E-state index in [-0.39, 0.29) is 17.9 Å². The van der Waals surface area contributed by atoms with Crippen LogP contribution in [0.2, 0.25) is 0 Å². The molecule has 1 saturated heterocycles. The third-order valence-corrected chi connectivity index (χ3v) is 6.56. The first-order valence-corrected chi connectivity index (χ1v) is 10.5. The van der Waals surface area contributed by atoms with Gasteiger partial charge in [0.1, 0.15) is 0 Å². The van der Waals surface area contributed by atoms with E-state index in [0.29, 0.717) is 29.4 Å². The lowest BCUT2D eigenvalue weighted by molar-refractivity contribution is -0.138. The summed E-state index contributed by atoms with van der Waals surface area (Å²) in [7, 11) is 0. The zero-order chi connectivity index (χ0) is 17.9. The molecule has 1 fully saturated rings. The molecule has 4 nitrogen and oxygen atoms in total. The Balaban J connectivity index is 1.59. The molecule has 26 heavy (non-hydrogen) atoms. The number of imide groups is 1. The molecule has 0 bridgehead atoms. The summed E-state index contributed by atoms with van der Waals surface area (Å²) in [5.41, 5.74) is 1.68. The van der Waals surface area contributed by atoms with E-state index in [0.717, 1.165) is 23.3 Å². The summed E-state index contributed by atoms with van der Waals surface area (Å²) in [5, 5.41) is 1.93. The van der Waals surface area contributed by atoms with Gasteiger partial charge in [0.15, 0.2) is 0 Å². The minimum absolute atomic E-state index is 0.0361. The fraction of sp³-hybridized carbons (Fsp3) is 0.300. The second kappa shape index (κ2) is 7.78. The van der Waals surface area contributed by atoms with Crippen molar-refractivity contribution in [3.8, 4) is 0 Å². The zero-order valence-electron chi connectivity index (χ0n) is 14.2. The van der Waals surface area contributed by atoms with Gasteiger partial charge in [-0.25, -0.2) is 0 Å². The molecular formula is C20H19NO3S2. The normalized spacial score (nSPS) is 20.5. The van der Waals surface area contributed by atoms with E-state index in [2.05, 4.69) is 0 Å². The lowest BCUT2D eigenvalue weighted by Gasteiger charge is -2.19. The molecular weight excluding hydrogens is 366 g/mol. The van der Waals surface area contributed by atoms with Crippen LogP contribution in [0.5, 0.6) is 0 Å². The van der Waals surface area contributed by atoms with Crippen LogP contribution in [0.4, 0.5) is 0 Å². The van der Waals surface area contributed by atoms with E-state index >= 15 is 0 Å². The average molecular weight is 386 g/mol. The van der Waals surface area contributed by atoms with Crippen molar-refractivity contribution in [2.45, 2.75) is 24.7 Å². The Morgan fingerprint density at radius 1 is 1.12 bits per heavy atom. The van der Waals surface area contributed by atoms with E-state index in [9.17, 15) is 9.59 Å². The quantitative estimate of drug-likeness (QED) is 0.707. The molecule has 2 aliphatic heterocycles. The van der Waals surface area contributed by atoms with Gasteiger partial charge in [-0.1, -0.05) is 36.4 Å². The predicted molar refractivity (Wildman–Crippen MR) is 105 cm³/mol. The standard InChI is InChI=1S/C20H19NO3S2/c22-19-17(16-9-5-11-25-16)18(26-13-14-6-2-1-3-7-14)20(23)21(19)12-15-8-4-10-24-15/h1-3,5-7,9,11,15H,4,8,10,12-13H2. The molecule has 0 radical (unpaired) electrons. The summed E-state index contributed by atoms with van der Waals surface area (Å²) in [4.78, 5) is 28.8. The highest BCUT2D eigenvalue weighted by molar-refractivity contribution is 8.03. The highest BCUT2D eigenvalue weighted by Crippen LogP contribution is 2.39. The number of amides is 2. The number of carbonyl (C=O) groups is 2. The van der Waals surface area contributed by atoms with E-state index in [1.54, 1.807) is 0 Å². The summed E-state index contributed by atoms with van der Waals surface area (Å²) >= 11 is 2.94. The number of carbonyl (C=O) groups excluding carboxylic acids is 2. The number of nitrogens with zero attached hydrogens (tertiary/aromatic N) is 1. The van der Waals surface area contributed by atoms with E-state index in [1.165, 1.54) is 28.0 Å². The first kappa shape index (κ1) is 17.5. The number of thiophene rings is 1. The first-order chi connectivity index (χ1) is 12.7. The number of thioether (sulfide) groups is 1. The summed E-state index contributed by atoms with van der Waals surface area (Å²) in [5.74, 6) is 0.288. The summed E-state index contributed by atoms with van der Waals surface area (Å²) in [6.07, 6.45) is 1.85. The van der Waals surface area contributed by atoms with Crippen molar-refractivity contribution >= 4 is 40.5 Å². The second-order valence-corrected chi connectivity index (χ2v) is 8.24. The SMILES string of the molecule is O=C1C(SCc2ccccc2)=C(c2cccs2)C(=O)N1CC1CCCO1. The molecule has 0 spiro atoms. The summed E-state index contributed by atoms with van der Waals surface area (Å²) in [6, 6.07) is 13.8. The first-order valence-electron chi connectivity index (χ1n) is 8.66. The monoisotopic (exact) mass is 385 g/mol. The van der Waals surface area contributed by atoms with Gasteiger partial charge in [0.25, 0.3) is 11.8 Å². The Morgan fingerprint density at radius 2 is 1.96 bits per heavy atom. The van der Waals surface area contributed by atoms with Crippen LogP contribution in [0, 0.1) is 0 Å². The van der Waals surface area contributed by atoms with Crippen LogP contribution < -0.4 is 0 Å². The Hall–Kier alpha value is -1.89. The van der Waals surface area contributed by atoms with Gasteiger partial charge in [-0.3, -0.25) is 14.5 Å². The molecule has 0 saturated carbocycles. The minimum atomic E-state index is -0.191. The Morgan fingerprint density at radius 3 is 2.65 bits per heavy atom. The fourth-order valence-corrected chi connectivity index (χ4v) is 5.12. The molecule has 2 amide bonds. The molecule has 4 rings (SSSR count). The van der Waals surface area contributed by atoms with Crippen LogP contribution in [0.3, 0.4) is 0 Å². The van der Waals surface area contributed by atoms with Crippen LogP contribution in [-0.4, -0.2) is 36.0 Å². The van der Waals surface area contributed by atoms with Crippen molar-refractivity contribution in [1.82, 2.24) is 4.90 Å². The number of hydrogen-bond donors (Lipinski definition) is 0. The molecule has 2 aliphatic rings. The van der Waals surface area contributed by atoms with Crippen LogP contribution in [0.1, 0.15) is 23.3 Å². The maximum Gasteiger partial charge on any atom is 0.268 e. The summed E-state index contributed by atoms with van der Waals surface area (Å²) in [6.45, 7) is 1.06. The smallest absolute Gasteiger partial charge is 0.268 e. The van der Waals surface area contributed by atoms with Crippen molar-refractivity contribution in [3.05, 3.63) is 63.2 Å². The Labute approximate surface area is 160 Å². The highest BCUT2D eigenvalue weighted by atomic mass is 32.2. The third-order valence-electron chi connectivity index (χ3n) is 4.53. The molecule has 1 aromatic heterocycles. The van der Waals surface area contributed by atoms with Gasteiger partial charge in [0, 0.05) is 17.2 Å². The Bertz CT molecular complexity index is 824. The van der Waals surface area contributed by atoms with Crippen molar-refractivity contribution in [2.75, 3.05) is 13.2 Å². The van der Waals surface area contributed by atoms with Crippen molar-refractivity contribution in [1.29, 1.82) is 0 Å². The topological polar surface area (TPSA) is 46.6 Å². The molecule has 1 atom stereocenters. The van der Waals surface area contributed by atoms with Crippen molar-refractivity contribution in [2.24, 2.45) is 0 Å². The molecule has 0 aliphatic carbocycles. The number of rotatable bonds is 6. The summed E-state index contributed by atoms with van der Waals surface area (Å²) < 4.78 is 5.63. The number of benzene rings is 1. The van der Waals surface area contributed by atoms with Crippen LogP contribution in [-0.2, 0) is 20.1 Å². The average Bonchev–Trinajstić information content (AvgIpc) is 3.40. The van der Waals surface area contributed by atoms with Gasteiger partial charge in [-0.2, -0.15) is 0 Å². The fourth-order valence-electron chi connectivity index (χ4n) is 3.21. The van der Waals surface area contributed by atoms with Gasteiger partial charge < -0.3 is 4.74 Å². The third kappa shape index (κ3) is 3.49. The predicted octanol–water partition coefficient (Wildman–Crippen LogP) is 3.94. The molecule has 1 aromatic carbocycles. The molecule has 3 heterocycles. The van der Waals surface area contributed by atoms with Gasteiger partial charge in [-0.15, -0.1) is 23.1 Å². The number of ether oxygens (including phenoxy) is 1. The van der Waals surface area contributed by atoms with E-state index in [4.69, 9.17) is 4.74 Å². The maximum absolute atomic E-state index is 13.0. The van der Waals surface area contributed by atoms with Crippen LogP contribution in [0.15, 0.2) is 52.7 Å². The molecule has 0 N–H and O–H groups in total. The second-order valence-electron chi connectivity index (χ2n) is 6.31. The number of hydrogen-bond acceptors (Lipinski definition) is 5. The molecule has 2 aromatic rings. The van der Waals surface area contributed by atoms with Gasteiger partial charge in [0.05, 0.1) is 23.1 Å². The van der Waals surface area contributed by atoms with Crippen LogP contribution in [0.25, 0.3) is 5.57 Å². The van der Waals surface area contributed by atoms with Crippen LogP contribution >= 0.6 is 23.1 Å². The van der Waals surface area contributed by atoms with Gasteiger partial charge >= 0.3 is 0 Å². The minimum Gasteiger partial charge on any atom is -0.376 e. The lowest BCUT2D eigenvalue weighted by Crippen LogP contribution is -2.37. The van der Waals surface area contributed by atoms with E-state index < -0.39 is 0 Å². The Kier molecular flexibility index (Phi) is 5.24. The lowest BCUT2D eigenvalue weighted by atomic mass is 10.2. The molecule has 134 valence electrons. The highest BCUT2D eigenvalue weighted by Gasteiger charge is 2.41. The molecule has 1 unspecified atom stereocenters. The largest absolute Gasteiger partial charge is 0.376 e. The van der Waals surface area contributed by atoms with Gasteiger partial charge in [0.2, 0.25) is 0 Å². The maximum atomic E-state index is 13.0. The van der Waals surface area contributed by atoms with Crippen molar-refractivity contribution < 1.29 is 14.3 Å². The van der Waals surface area contributed by atoms with Gasteiger partial charge in [-0.05, 0) is 29.9 Å². The van der Waals surface area contributed by atoms with E-state index in [1.807, 2.05) is 47.8 Å². The molecule has 6 heteroatoms. The van der Waals surface area contributed by atoms with Crippen molar-refractivity contribution in [3.63, 3.8) is 0 Å². The zero-order valence-corrected chi connectivity index (χ0v) is 15.9.